The Hall–Kier alpha value is -2.08. The number of thiazole rings is 1. The molecule has 2 N–H and O–H groups in total. The van der Waals surface area contributed by atoms with E-state index in [2.05, 4.69) is 40.7 Å². The normalized spacial score (nSPS) is 14.0. The Bertz CT molecular complexity index is 761. The Labute approximate surface area is 166 Å². The summed E-state index contributed by atoms with van der Waals surface area (Å²) in [6.07, 6.45) is 7.11. The molecule has 0 bridgehead atoms. The smallest absolute Gasteiger partial charge is 0.191 e. The number of aryl methyl sites for hydroxylation is 4. The molecule has 1 aliphatic rings. The minimum Gasteiger partial charge on any atom is -0.496 e. The lowest BCUT2D eigenvalue weighted by atomic mass is 10.0. The molecule has 0 atom stereocenters. The first-order valence-corrected chi connectivity index (χ1v) is 10.6. The number of aliphatic imine (C=N–C) groups is 1. The number of benzene rings is 1. The lowest BCUT2D eigenvalue weighted by Crippen LogP contribution is -2.37. The Morgan fingerprint density at radius 1 is 1.26 bits per heavy atom. The van der Waals surface area contributed by atoms with Crippen LogP contribution in [0.4, 0.5) is 0 Å². The second-order valence-electron chi connectivity index (χ2n) is 6.96. The van der Waals surface area contributed by atoms with Crippen molar-refractivity contribution in [1.29, 1.82) is 0 Å². The molecule has 0 saturated carbocycles. The van der Waals surface area contributed by atoms with Crippen molar-refractivity contribution >= 4 is 17.3 Å². The van der Waals surface area contributed by atoms with Crippen LogP contribution in [-0.2, 0) is 25.8 Å². The highest BCUT2D eigenvalue weighted by atomic mass is 32.1. The Balaban J connectivity index is 1.42. The van der Waals surface area contributed by atoms with E-state index in [0.29, 0.717) is 6.54 Å². The van der Waals surface area contributed by atoms with Crippen molar-refractivity contribution in [1.82, 2.24) is 15.6 Å². The van der Waals surface area contributed by atoms with Crippen LogP contribution in [0.1, 0.15) is 46.0 Å². The van der Waals surface area contributed by atoms with E-state index in [1.807, 2.05) is 11.3 Å². The van der Waals surface area contributed by atoms with Crippen LogP contribution >= 0.6 is 11.3 Å². The summed E-state index contributed by atoms with van der Waals surface area (Å²) in [5, 5.41) is 8.05. The van der Waals surface area contributed by atoms with Gasteiger partial charge in [-0.25, -0.2) is 4.98 Å². The molecule has 1 aromatic heterocycles. The van der Waals surface area contributed by atoms with Gasteiger partial charge in [-0.05, 0) is 50.7 Å². The first-order chi connectivity index (χ1) is 13.2. The minimum absolute atomic E-state index is 0.683. The highest BCUT2D eigenvalue weighted by molar-refractivity contribution is 7.11. The van der Waals surface area contributed by atoms with E-state index in [9.17, 15) is 0 Å². The minimum atomic E-state index is 0.683. The Morgan fingerprint density at radius 3 is 2.89 bits per heavy atom. The maximum absolute atomic E-state index is 5.47. The van der Waals surface area contributed by atoms with E-state index in [-0.39, 0.29) is 0 Å². The van der Waals surface area contributed by atoms with Crippen LogP contribution in [-0.4, -0.2) is 31.6 Å². The highest BCUT2D eigenvalue weighted by Gasteiger charge is 2.14. The standard InChI is InChI=1S/C21H30N4OS/c1-15-10-11-16(18(13-15)26-3)14-24-21(22-2)23-12-6-9-20-25-17-7-4-5-8-19(17)27-20/h10-11,13H,4-9,12,14H2,1-3H3,(H2,22,23,24). The first kappa shape index (κ1) is 19.7. The van der Waals surface area contributed by atoms with E-state index in [0.717, 1.165) is 36.7 Å². The lowest BCUT2D eigenvalue weighted by molar-refractivity contribution is 0.408. The molecule has 146 valence electrons. The van der Waals surface area contributed by atoms with Crippen molar-refractivity contribution in [2.45, 2.75) is 52.0 Å². The van der Waals surface area contributed by atoms with E-state index in [1.165, 1.54) is 46.8 Å². The third-order valence-electron chi connectivity index (χ3n) is 4.86. The molecule has 0 spiro atoms. The third kappa shape index (κ3) is 5.45. The predicted octanol–water partition coefficient (Wildman–Crippen LogP) is 3.64. The summed E-state index contributed by atoms with van der Waals surface area (Å²) in [5.41, 5.74) is 3.68. The summed E-state index contributed by atoms with van der Waals surface area (Å²) in [5.74, 6) is 1.72. The highest BCUT2D eigenvalue weighted by Crippen LogP contribution is 2.27. The van der Waals surface area contributed by atoms with Crippen LogP contribution in [0.2, 0.25) is 0 Å². The fourth-order valence-corrected chi connectivity index (χ4v) is 4.55. The maximum atomic E-state index is 5.47. The summed E-state index contributed by atoms with van der Waals surface area (Å²) in [7, 11) is 3.51. The molecule has 1 heterocycles. The Morgan fingerprint density at radius 2 is 2.11 bits per heavy atom. The van der Waals surface area contributed by atoms with Gasteiger partial charge >= 0.3 is 0 Å². The van der Waals surface area contributed by atoms with Gasteiger partial charge in [0.2, 0.25) is 0 Å². The SMILES string of the molecule is CN=C(NCCCc1nc2c(s1)CCCC2)NCc1ccc(C)cc1OC. The molecular weight excluding hydrogens is 356 g/mol. The average molecular weight is 387 g/mol. The van der Waals surface area contributed by atoms with Crippen molar-refractivity contribution in [3.05, 3.63) is 44.9 Å². The molecule has 6 heteroatoms. The monoisotopic (exact) mass is 386 g/mol. The molecule has 3 rings (SSSR count). The molecule has 0 saturated heterocycles. The number of ether oxygens (including phenoxy) is 1. The average Bonchev–Trinajstić information content (AvgIpc) is 3.11. The van der Waals surface area contributed by atoms with Crippen LogP contribution in [0.5, 0.6) is 5.75 Å². The molecule has 5 nitrogen and oxygen atoms in total. The number of aromatic nitrogens is 1. The Kier molecular flexibility index (Phi) is 7.10. The number of methoxy groups -OCH3 is 1. The van der Waals surface area contributed by atoms with Gasteiger partial charge < -0.3 is 15.4 Å². The molecule has 0 aliphatic heterocycles. The zero-order valence-electron chi connectivity index (χ0n) is 16.6. The van der Waals surface area contributed by atoms with Crippen molar-refractivity contribution in [3.63, 3.8) is 0 Å². The number of fused-ring (bicyclic) bond motifs is 1. The summed E-state index contributed by atoms with van der Waals surface area (Å²) < 4.78 is 5.47. The van der Waals surface area contributed by atoms with Crippen LogP contribution in [0, 0.1) is 6.92 Å². The van der Waals surface area contributed by atoms with Gasteiger partial charge in [-0.2, -0.15) is 0 Å². The van der Waals surface area contributed by atoms with Gasteiger partial charge in [0.25, 0.3) is 0 Å². The quantitative estimate of drug-likeness (QED) is 0.433. The molecule has 27 heavy (non-hydrogen) atoms. The largest absolute Gasteiger partial charge is 0.496 e. The molecule has 0 radical (unpaired) electrons. The van der Waals surface area contributed by atoms with E-state index >= 15 is 0 Å². The van der Waals surface area contributed by atoms with Gasteiger partial charge in [0.1, 0.15) is 5.75 Å². The predicted molar refractivity (Wildman–Crippen MR) is 113 cm³/mol. The zero-order valence-corrected chi connectivity index (χ0v) is 17.4. The molecule has 2 aromatic rings. The third-order valence-corrected chi connectivity index (χ3v) is 6.08. The van der Waals surface area contributed by atoms with Gasteiger partial charge in [-0.3, -0.25) is 4.99 Å². The van der Waals surface area contributed by atoms with E-state index in [4.69, 9.17) is 9.72 Å². The van der Waals surface area contributed by atoms with Gasteiger partial charge in [0.05, 0.1) is 17.8 Å². The van der Waals surface area contributed by atoms with Crippen molar-refractivity contribution < 1.29 is 4.74 Å². The second kappa shape index (κ2) is 9.74. The van der Waals surface area contributed by atoms with Crippen molar-refractivity contribution in [2.75, 3.05) is 20.7 Å². The number of hydrogen-bond donors (Lipinski definition) is 2. The number of nitrogens with one attached hydrogen (secondary N) is 2. The first-order valence-electron chi connectivity index (χ1n) is 9.75. The maximum Gasteiger partial charge on any atom is 0.191 e. The topological polar surface area (TPSA) is 58.5 Å². The fourth-order valence-electron chi connectivity index (χ4n) is 3.36. The van der Waals surface area contributed by atoms with E-state index < -0.39 is 0 Å². The summed E-state index contributed by atoms with van der Waals surface area (Å²) in [4.78, 5) is 10.7. The number of guanidine groups is 1. The van der Waals surface area contributed by atoms with Crippen molar-refractivity contribution in [2.24, 2.45) is 4.99 Å². The van der Waals surface area contributed by atoms with Crippen molar-refractivity contribution in [3.8, 4) is 5.75 Å². The zero-order chi connectivity index (χ0) is 19.1. The number of nitrogens with zero attached hydrogens (tertiary/aromatic N) is 2. The lowest BCUT2D eigenvalue weighted by Gasteiger charge is -2.14. The van der Waals surface area contributed by atoms with Gasteiger partial charge in [-0.15, -0.1) is 11.3 Å². The number of rotatable bonds is 7. The summed E-state index contributed by atoms with van der Waals surface area (Å²) >= 11 is 1.91. The molecule has 1 aromatic carbocycles. The molecule has 0 unspecified atom stereocenters. The van der Waals surface area contributed by atoms with Crippen LogP contribution in [0.3, 0.4) is 0 Å². The van der Waals surface area contributed by atoms with Crippen LogP contribution < -0.4 is 15.4 Å². The molecule has 1 aliphatic carbocycles. The van der Waals surface area contributed by atoms with Gasteiger partial charge in [0.15, 0.2) is 5.96 Å². The molecule has 0 fully saturated rings. The second-order valence-corrected chi connectivity index (χ2v) is 8.12. The summed E-state index contributed by atoms with van der Waals surface area (Å²) in [6, 6.07) is 6.25. The number of hydrogen-bond acceptors (Lipinski definition) is 4. The molecular formula is C21H30N4OS. The van der Waals surface area contributed by atoms with Crippen LogP contribution in [0.15, 0.2) is 23.2 Å². The summed E-state index contributed by atoms with van der Waals surface area (Å²) in [6.45, 7) is 3.64. The fraction of sp³-hybridized carbons (Fsp3) is 0.524. The van der Waals surface area contributed by atoms with Gasteiger partial charge in [-0.1, -0.05) is 12.1 Å². The van der Waals surface area contributed by atoms with Crippen LogP contribution in [0.25, 0.3) is 0 Å². The van der Waals surface area contributed by atoms with Gasteiger partial charge in [0, 0.05) is 37.0 Å². The molecule has 0 amide bonds. The van der Waals surface area contributed by atoms with E-state index in [1.54, 1.807) is 14.2 Å².